The summed E-state index contributed by atoms with van der Waals surface area (Å²) in [5, 5.41) is 0.860. The zero-order valence-electron chi connectivity index (χ0n) is 19.0. The van der Waals surface area contributed by atoms with Gasteiger partial charge in [-0.3, -0.25) is 0 Å². The molecule has 0 saturated carbocycles. The van der Waals surface area contributed by atoms with Crippen molar-refractivity contribution in [2.45, 2.75) is 45.4 Å². The van der Waals surface area contributed by atoms with Crippen LogP contribution in [0.25, 0.3) is 10.9 Å². The molecule has 0 saturated heterocycles. The van der Waals surface area contributed by atoms with Crippen LogP contribution < -0.4 is 10.5 Å². The second-order valence-corrected chi connectivity index (χ2v) is 10.4. The van der Waals surface area contributed by atoms with Gasteiger partial charge in [0.25, 0.3) is 10.0 Å². The Balaban J connectivity index is 1.84. The normalized spacial score (nSPS) is 11.9. The van der Waals surface area contributed by atoms with Crippen LogP contribution >= 0.6 is 0 Å². The molecular formula is C26H28N2O3S. The minimum absolute atomic E-state index is 0.141. The third-order valence-electron chi connectivity index (χ3n) is 5.68. The number of benzene rings is 3. The Labute approximate surface area is 189 Å². The van der Waals surface area contributed by atoms with E-state index >= 15 is 0 Å². The number of hydrogen-bond acceptors (Lipinski definition) is 4. The van der Waals surface area contributed by atoms with Crippen molar-refractivity contribution in [3.8, 4) is 11.5 Å². The molecule has 0 spiro atoms. The zero-order valence-corrected chi connectivity index (χ0v) is 19.8. The number of nitrogens with two attached hydrogens (primary N) is 1. The van der Waals surface area contributed by atoms with Crippen LogP contribution in [0.5, 0.6) is 11.5 Å². The molecule has 0 atom stereocenters. The van der Waals surface area contributed by atoms with Crippen LogP contribution in [0.4, 0.5) is 5.69 Å². The lowest BCUT2D eigenvalue weighted by molar-refractivity contribution is 0.476. The van der Waals surface area contributed by atoms with Crippen LogP contribution in [0.2, 0.25) is 0 Å². The van der Waals surface area contributed by atoms with Crippen molar-refractivity contribution in [3.63, 3.8) is 0 Å². The minimum atomic E-state index is -3.72. The maximum atomic E-state index is 13.4. The number of fused-ring (bicyclic) bond motifs is 1. The fourth-order valence-electron chi connectivity index (χ4n) is 4.01. The predicted molar refractivity (Wildman–Crippen MR) is 130 cm³/mol. The van der Waals surface area contributed by atoms with Crippen molar-refractivity contribution in [2.75, 3.05) is 5.73 Å². The van der Waals surface area contributed by atoms with Gasteiger partial charge in [-0.2, -0.15) is 0 Å². The molecule has 0 amide bonds. The Kier molecular flexibility index (Phi) is 5.51. The summed E-state index contributed by atoms with van der Waals surface area (Å²) in [7, 11) is -3.72. The summed E-state index contributed by atoms with van der Waals surface area (Å²) in [4.78, 5) is 0.267. The lowest BCUT2D eigenvalue weighted by Crippen LogP contribution is -2.11. The summed E-state index contributed by atoms with van der Waals surface area (Å²) in [6.07, 6.45) is 1.73. The van der Waals surface area contributed by atoms with Gasteiger partial charge in [-0.15, -0.1) is 0 Å². The van der Waals surface area contributed by atoms with Crippen LogP contribution in [0, 0.1) is 20.8 Å². The molecule has 6 heteroatoms. The molecule has 2 N–H and O–H groups in total. The second-order valence-electron chi connectivity index (χ2n) is 8.62. The summed E-state index contributed by atoms with van der Waals surface area (Å²) in [6.45, 7) is 9.96. The summed E-state index contributed by atoms with van der Waals surface area (Å²) in [6, 6.07) is 16.2. The van der Waals surface area contributed by atoms with Gasteiger partial charge in [0.1, 0.15) is 11.5 Å². The molecule has 0 fully saturated rings. The van der Waals surface area contributed by atoms with E-state index in [9.17, 15) is 8.42 Å². The highest BCUT2D eigenvalue weighted by Crippen LogP contribution is 2.36. The minimum Gasteiger partial charge on any atom is -0.457 e. The van der Waals surface area contributed by atoms with E-state index in [2.05, 4.69) is 13.8 Å². The molecule has 3 aromatic carbocycles. The Morgan fingerprint density at radius 2 is 1.53 bits per heavy atom. The standard InChI is InChI=1S/C26H28N2O3S/c1-16(2)24-15-28(32(29,30)22-9-6-17(3)7-10-22)25-11-8-21(14-23(24)25)31-26-18(4)12-20(27)13-19(26)5/h6-16H,27H2,1-5H3. The van der Waals surface area contributed by atoms with E-state index in [4.69, 9.17) is 10.5 Å². The number of rotatable bonds is 5. The van der Waals surface area contributed by atoms with E-state index in [1.54, 1.807) is 18.3 Å². The Hall–Kier alpha value is -3.25. The monoisotopic (exact) mass is 448 g/mol. The SMILES string of the molecule is Cc1ccc(S(=O)(=O)n2cc(C(C)C)c3cc(Oc4c(C)cc(N)cc4C)ccc32)cc1. The predicted octanol–water partition coefficient (Wildman–Crippen LogP) is 6.30. The van der Waals surface area contributed by atoms with Crippen LogP contribution in [-0.4, -0.2) is 12.4 Å². The number of hydrogen-bond donors (Lipinski definition) is 1. The molecule has 0 unspecified atom stereocenters. The average Bonchev–Trinajstić information content (AvgIpc) is 3.11. The zero-order chi connectivity index (χ0) is 23.2. The van der Waals surface area contributed by atoms with Gasteiger partial charge in [-0.1, -0.05) is 31.5 Å². The van der Waals surface area contributed by atoms with E-state index < -0.39 is 10.0 Å². The molecule has 5 nitrogen and oxygen atoms in total. The van der Waals surface area contributed by atoms with Crippen molar-refractivity contribution in [2.24, 2.45) is 0 Å². The number of ether oxygens (including phenoxy) is 1. The first-order chi connectivity index (χ1) is 15.1. The summed E-state index contributed by atoms with van der Waals surface area (Å²) >= 11 is 0. The molecular weight excluding hydrogens is 420 g/mol. The van der Waals surface area contributed by atoms with E-state index in [1.165, 1.54) is 3.97 Å². The highest BCUT2D eigenvalue weighted by atomic mass is 32.2. The van der Waals surface area contributed by atoms with E-state index in [0.717, 1.165) is 33.4 Å². The number of nitrogens with zero attached hydrogens (tertiary/aromatic N) is 1. The lowest BCUT2D eigenvalue weighted by atomic mass is 10.0. The molecule has 0 aliphatic heterocycles. The summed E-state index contributed by atoms with van der Waals surface area (Å²) < 4.78 is 34.4. The molecule has 0 aliphatic carbocycles. The summed E-state index contributed by atoms with van der Waals surface area (Å²) in [5.74, 6) is 1.56. The maximum Gasteiger partial charge on any atom is 0.268 e. The lowest BCUT2D eigenvalue weighted by Gasteiger charge is -2.13. The van der Waals surface area contributed by atoms with Gasteiger partial charge in [0, 0.05) is 17.3 Å². The van der Waals surface area contributed by atoms with Gasteiger partial charge in [0.2, 0.25) is 0 Å². The van der Waals surface area contributed by atoms with Crippen LogP contribution in [0.1, 0.15) is 42.0 Å². The smallest absolute Gasteiger partial charge is 0.268 e. The Morgan fingerprint density at radius 3 is 2.12 bits per heavy atom. The fraction of sp³-hybridized carbons (Fsp3) is 0.231. The van der Waals surface area contributed by atoms with Crippen molar-refractivity contribution in [1.29, 1.82) is 0 Å². The molecule has 1 aromatic heterocycles. The molecule has 166 valence electrons. The molecule has 32 heavy (non-hydrogen) atoms. The first-order valence-corrected chi connectivity index (χ1v) is 12.0. The van der Waals surface area contributed by atoms with E-state index in [1.807, 2.05) is 63.2 Å². The molecule has 4 rings (SSSR count). The molecule has 0 aliphatic rings. The second kappa shape index (κ2) is 8.02. The number of aromatic nitrogens is 1. The third-order valence-corrected chi connectivity index (χ3v) is 7.36. The molecule has 4 aromatic rings. The number of nitrogen functional groups attached to an aromatic ring is 1. The van der Waals surface area contributed by atoms with Gasteiger partial charge >= 0.3 is 0 Å². The quantitative estimate of drug-likeness (QED) is 0.364. The number of aryl methyl sites for hydroxylation is 3. The topological polar surface area (TPSA) is 74.3 Å². The fourth-order valence-corrected chi connectivity index (χ4v) is 5.39. The van der Waals surface area contributed by atoms with E-state index in [-0.39, 0.29) is 10.8 Å². The first kappa shape index (κ1) is 22.0. The maximum absolute atomic E-state index is 13.4. The summed E-state index contributed by atoms with van der Waals surface area (Å²) in [5.41, 5.74) is 11.1. The van der Waals surface area contributed by atoms with Crippen molar-refractivity contribution in [1.82, 2.24) is 3.97 Å². The van der Waals surface area contributed by atoms with Crippen molar-refractivity contribution in [3.05, 3.63) is 83.0 Å². The number of anilines is 1. The van der Waals surface area contributed by atoms with Gasteiger partial charge in [0.05, 0.1) is 10.4 Å². The van der Waals surface area contributed by atoms with Crippen LogP contribution in [-0.2, 0) is 10.0 Å². The molecule has 1 heterocycles. The Bertz CT molecular complexity index is 1390. The van der Waals surface area contributed by atoms with Crippen molar-refractivity contribution < 1.29 is 13.2 Å². The van der Waals surface area contributed by atoms with Gasteiger partial charge in [-0.25, -0.2) is 12.4 Å². The average molecular weight is 449 g/mol. The van der Waals surface area contributed by atoms with Crippen molar-refractivity contribution >= 4 is 26.6 Å². The molecule has 0 radical (unpaired) electrons. The van der Waals surface area contributed by atoms with Gasteiger partial charge < -0.3 is 10.5 Å². The third kappa shape index (κ3) is 3.86. The van der Waals surface area contributed by atoms with Crippen LogP contribution in [0.15, 0.2) is 65.7 Å². The Morgan fingerprint density at radius 1 is 0.906 bits per heavy atom. The van der Waals surface area contributed by atoms with E-state index in [0.29, 0.717) is 17.0 Å². The van der Waals surface area contributed by atoms with Crippen LogP contribution in [0.3, 0.4) is 0 Å². The highest BCUT2D eigenvalue weighted by Gasteiger charge is 2.23. The van der Waals surface area contributed by atoms with Gasteiger partial charge in [-0.05, 0) is 85.8 Å². The largest absolute Gasteiger partial charge is 0.457 e. The highest BCUT2D eigenvalue weighted by molar-refractivity contribution is 7.90. The van der Waals surface area contributed by atoms with Gasteiger partial charge in [0.15, 0.2) is 0 Å². The first-order valence-electron chi connectivity index (χ1n) is 10.6. The molecule has 0 bridgehead atoms.